The Morgan fingerprint density at radius 2 is 1.47 bits per heavy atom. The van der Waals surface area contributed by atoms with Crippen LogP contribution in [0.2, 0.25) is 15.1 Å². The number of aryl methyl sites for hydroxylation is 3. The predicted octanol–water partition coefficient (Wildman–Crippen LogP) is 7.28. The molecule has 0 aromatic heterocycles. The Bertz CT molecular complexity index is 1140. The van der Waals surface area contributed by atoms with Gasteiger partial charge in [0.1, 0.15) is 0 Å². The van der Waals surface area contributed by atoms with Gasteiger partial charge in [-0.25, -0.2) is 0 Å². The third-order valence-electron chi connectivity index (χ3n) is 6.03. The minimum Gasteiger partial charge on any atom is -0.360 e. The van der Waals surface area contributed by atoms with Crippen molar-refractivity contribution < 1.29 is 4.79 Å². The molecular formula is C26H25Cl3N2O. The summed E-state index contributed by atoms with van der Waals surface area (Å²) in [5.74, 6) is 0.0702. The van der Waals surface area contributed by atoms with Crippen molar-refractivity contribution in [2.24, 2.45) is 0 Å². The molecule has 1 atom stereocenters. The van der Waals surface area contributed by atoms with Crippen LogP contribution in [0.5, 0.6) is 0 Å². The zero-order chi connectivity index (χ0) is 23.0. The Labute approximate surface area is 204 Å². The average molecular weight is 488 g/mol. The largest absolute Gasteiger partial charge is 0.360 e. The van der Waals surface area contributed by atoms with Crippen LogP contribution in [0.1, 0.15) is 38.7 Å². The Morgan fingerprint density at radius 1 is 0.844 bits per heavy atom. The Hall–Kier alpha value is -2.20. The zero-order valence-electron chi connectivity index (χ0n) is 18.3. The van der Waals surface area contributed by atoms with E-state index in [9.17, 15) is 4.79 Å². The number of rotatable bonds is 3. The fourth-order valence-corrected chi connectivity index (χ4v) is 5.26. The van der Waals surface area contributed by atoms with E-state index >= 15 is 0 Å². The first-order valence-corrected chi connectivity index (χ1v) is 11.7. The van der Waals surface area contributed by atoms with Crippen LogP contribution >= 0.6 is 34.8 Å². The molecule has 1 amide bonds. The lowest BCUT2D eigenvalue weighted by atomic mass is 9.96. The third-order valence-corrected chi connectivity index (χ3v) is 6.82. The van der Waals surface area contributed by atoms with Crippen LogP contribution in [0.15, 0.2) is 54.6 Å². The van der Waals surface area contributed by atoms with E-state index < -0.39 is 0 Å². The number of hydrogen-bond donors (Lipinski definition) is 0. The van der Waals surface area contributed by atoms with E-state index in [0.717, 1.165) is 33.5 Å². The van der Waals surface area contributed by atoms with Crippen molar-refractivity contribution in [2.75, 3.05) is 24.5 Å². The second kappa shape index (κ2) is 9.35. The standard InChI is InChI=1S/C26H25Cl3N2O/c1-16-12-17(2)25(18(3)13-16)26(32)30-10-11-31(23-9-8-21(28)14-22(23)29)24(15-30)19-4-6-20(27)7-5-19/h4-9,12-14,24H,10-11,15H2,1-3H3. The number of anilines is 1. The molecule has 3 nitrogen and oxygen atoms in total. The molecule has 3 aromatic carbocycles. The van der Waals surface area contributed by atoms with E-state index in [1.807, 2.05) is 55.1 Å². The van der Waals surface area contributed by atoms with Crippen LogP contribution in [-0.2, 0) is 0 Å². The van der Waals surface area contributed by atoms with E-state index in [-0.39, 0.29) is 11.9 Å². The van der Waals surface area contributed by atoms with Gasteiger partial charge in [0, 0.05) is 35.2 Å². The number of halogens is 3. The highest BCUT2D eigenvalue weighted by Crippen LogP contribution is 2.37. The molecule has 0 N–H and O–H groups in total. The number of hydrogen-bond acceptors (Lipinski definition) is 2. The first-order valence-electron chi connectivity index (χ1n) is 10.6. The molecule has 166 valence electrons. The molecule has 0 bridgehead atoms. The highest BCUT2D eigenvalue weighted by atomic mass is 35.5. The summed E-state index contributed by atoms with van der Waals surface area (Å²) >= 11 is 18.8. The molecular weight excluding hydrogens is 463 g/mol. The third kappa shape index (κ3) is 4.61. The average Bonchev–Trinajstić information content (AvgIpc) is 2.73. The Morgan fingerprint density at radius 3 is 2.09 bits per heavy atom. The van der Waals surface area contributed by atoms with E-state index in [4.69, 9.17) is 34.8 Å². The summed E-state index contributed by atoms with van der Waals surface area (Å²) in [4.78, 5) is 17.8. The zero-order valence-corrected chi connectivity index (χ0v) is 20.6. The summed E-state index contributed by atoms with van der Waals surface area (Å²) in [6.07, 6.45) is 0. The van der Waals surface area contributed by atoms with Gasteiger partial charge in [-0.1, -0.05) is 64.6 Å². The van der Waals surface area contributed by atoms with E-state index in [1.165, 1.54) is 0 Å². The van der Waals surface area contributed by atoms with Crippen molar-refractivity contribution >= 4 is 46.4 Å². The van der Waals surface area contributed by atoms with Crippen LogP contribution in [-0.4, -0.2) is 30.4 Å². The van der Waals surface area contributed by atoms with Crippen molar-refractivity contribution in [1.29, 1.82) is 0 Å². The summed E-state index contributed by atoms with van der Waals surface area (Å²) in [6, 6.07) is 17.4. The lowest BCUT2D eigenvalue weighted by molar-refractivity contribution is 0.0720. The van der Waals surface area contributed by atoms with Crippen molar-refractivity contribution in [3.05, 3.63) is 97.5 Å². The van der Waals surface area contributed by atoms with Crippen LogP contribution in [0, 0.1) is 20.8 Å². The number of benzene rings is 3. The minimum atomic E-state index is -0.0605. The van der Waals surface area contributed by atoms with Gasteiger partial charge in [-0.05, 0) is 67.8 Å². The lowest BCUT2D eigenvalue weighted by Crippen LogP contribution is -2.51. The molecule has 0 spiro atoms. The van der Waals surface area contributed by atoms with E-state index in [0.29, 0.717) is 34.7 Å². The molecule has 6 heteroatoms. The summed E-state index contributed by atoms with van der Waals surface area (Å²) < 4.78 is 0. The fraction of sp³-hybridized carbons (Fsp3) is 0.269. The summed E-state index contributed by atoms with van der Waals surface area (Å²) in [6.45, 7) is 7.88. The molecule has 1 heterocycles. The first kappa shape index (κ1) is 23.0. The number of carbonyl (C=O) groups excluding carboxylic acids is 1. The molecule has 0 aliphatic carbocycles. The molecule has 32 heavy (non-hydrogen) atoms. The second-order valence-electron chi connectivity index (χ2n) is 8.38. The fourth-order valence-electron chi connectivity index (χ4n) is 4.62. The van der Waals surface area contributed by atoms with Gasteiger partial charge in [-0.2, -0.15) is 0 Å². The maximum Gasteiger partial charge on any atom is 0.254 e. The minimum absolute atomic E-state index is 0.0605. The maximum absolute atomic E-state index is 13.6. The molecule has 0 radical (unpaired) electrons. The number of piperazine rings is 1. The van der Waals surface area contributed by atoms with Crippen LogP contribution < -0.4 is 4.90 Å². The molecule has 3 aromatic rings. The second-order valence-corrected chi connectivity index (χ2v) is 9.66. The van der Waals surface area contributed by atoms with Crippen LogP contribution in [0.3, 0.4) is 0 Å². The molecule has 1 aliphatic rings. The van der Waals surface area contributed by atoms with Gasteiger partial charge in [-0.3, -0.25) is 4.79 Å². The monoisotopic (exact) mass is 486 g/mol. The number of carbonyl (C=O) groups is 1. The quantitative estimate of drug-likeness (QED) is 0.387. The topological polar surface area (TPSA) is 23.6 Å². The van der Waals surface area contributed by atoms with Gasteiger partial charge in [0.15, 0.2) is 0 Å². The SMILES string of the molecule is Cc1cc(C)c(C(=O)N2CCN(c3ccc(Cl)cc3Cl)C(c3ccc(Cl)cc3)C2)c(C)c1. The van der Waals surface area contributed by atoms with Gasteiger partial charge < -0.3 is 9.80 Å². The van der Waals surface area contributed by atoms with Gasteiger partial charge in [0.05, 0.1) is 16.8 Å². The molecule has 1 saturated heterocycles. The summed E-state index contributed by atoms with van der Waals surface area (Å²) in [5, 5.41) is 1.88. The van der Waals surface area contributed by atoms with Crippen LogP contribution in [0.25, 0.3) is 0 Å². The summed E-state index contributed by atoms with van der Waals surface area (Å²) in [7, 11) is 0. The van der Waals surface area contributed by atoms with Crippen LogP contribution in [0.4, 0.5) is 5.69 Å². The Balaban J connectivity index is 1.70. The smallest absolute Gasteiger partial charge is 0.254 e. The molecule has 1 unspecified atom stereocenters. The van der Waals surface area contributed by atoms with Crippen molar-refractivity contribution in [2.45, 2.75) is 26.8 Å². The van der Waals surface area contributed by atoms with Crippen molar-refractivity contribution in [3.8, 4) is 0 Å². The first-order chi connectivity index (χ1) is 15.2. The lowest BCUT2D eigenvalue weighted by Gasteiger charge is -2.43. The van der Waals surface area contributed by atoms with Gasteiger partial charge in [0.25, 0.3) is 5.91 Å². The number of nitrogens with zero attached hydrogens (tertiary/aromatic N) is 2. The maximum atomic E-state index is 13.6. The molecule has 1 fully saturated rings. The molecule has 1 aliphatic heterocycles. The highest BCUT2D eigenvalue weighted by molar-refractivity contribution is 6.36. The predicted molar refractivity (Wildman–Crippen MR) is 135 cm³/mol. The Kier molecular flexibility index (Phi) is 6.71. The van der Waals surface area contributed by atoms with E-state index in [1.54, 1.807) is 6.07 Å². The summed E-state index contributed by atoms with van der Waals surface area (Å²) in [5.41, 5.74) is 5.97. The normalized spacial score (nSPS) is 16.4. The molecule has 4 rings (SSSR count). The van der Waals surface area contributed by atoms with Crippen molar-refractivity contribution in [3.63, 3.8) is 0 Å². The molecule has 0 saturated carbocycles. The van der Waals surface area contributed by atoms with Gasteiger partial charge in [-0.15, -0.1) is 0 Å². The van der Waals surface area contributed by atoms with Crippen molar-refractivity contribution in [1.82, 2.24) is 4.90 Å². The van der Waals surface area contributed by atoms with E-state index in [2.05, 4.69) is 24.0 Å². The van der Waals surface area contributed by atoms with Gasteiger partial charge in [0.2, 0.25) is 0 Å². The number of amides is 1. The highest BCUT2D eigenvalue weighted by Gasteiger charge is 2.33. The van der Waals surface area contributed by atoms with Gasteiger partial charge >= 0.3 is 0 Å².